The second-order valence-corrected chi connectivity index (χ2v) is 6.48. The molecule has 0 aliphatic carbocycles. The van der Waals surface area contributed by atoms with Gasteiger partial charge < -0.3 is 4.74 Å². The van der Waals surface area contributed by atoms with E-state index in [1.165, 1.54) is 43.5 Å². The van der Waals surface area contributed by atoms with Gasteiger partial charge in [-0.15, -0.1) is 10.2 Å². The number of methoxy groups -OCH3 is 1. The molecule has 0 N–H and O–H groups in total. The number of ketones is 1. The van der Waals surface area contributed by atoms with Crippen LogP contribution in [0, 0.1) is 0 Å². The van der Waals surface area contributed by atoms with Crippen molar-refractivity contribution in [2.24, 2.45) is 0 Å². The zero-order chi connectivity index (χ0) is 15.5. The van der Waals surface area contributed by atoms with Crippen LogP contribution in [0.2, 0.25) is 5.02 Å². The van der Waals surface area contributed by atoms with Gasteiger partial charge in [0.25, 0.3) is 0 Å². The molecule has 0 aliphatic heterocycles. The van der Waals surface area contributed by atoms with Crippen molar-refractivity contribution in [1.82, 2.24) is 10.2 Å². The summed E-state index contributed by atoms with van der Waals surface area (Å²) in [5.41, 5.74) is 0.268. The fourth-order valence-corrected chi connectivity index (χ4v) is 2.77. The normalized spacial score (nSPS) is 11.1. The maximum absolute atomic E-state index is 12.1. The first-order chi connectivity index (χ1) is 9.92. The highest BCUT2D eigenvalue weighted by molar-refractivity contribution is 7.92. The smallest absolute Gasteiger partial charge is 0.233 e. The van der Waals surface area contributed by atoms with Gasteiger partial charge in [0.05, 0.1) is 7.11 Å². The molecule has 0 saturated heterocycles. The van der Waals surface area contributed by atoms with Crippen molar-refractivity contribution in [2.75, 3.05) is 12.9 Å². The molecule has 1 aromatic heterocycles. The molecule has 2 aromatic rings. The van der Waals surface area contributed by atoms with Crippen LogP contribution in [0.1, 0.15) is 10.4 Å². The van der Waals surface area contributed by atoms with Crippen LogP contribution in [0.3, 0.4) is 0 Å². The van der Waals surface area contributed by atoms with Crippen molar-refractivity contribution in [3.05, 3.63) is 47.0 Å². The molecule has 0 aliphatic rings. The van der Waals surface area contributed by atoms with Crippen molar-refractivity contribution >= 4 is 27.2 Å². The fraction of sp³-hybridized carbons (Fsp3) is 0.154. The van der Waals surface area contributed by atoms with Gasteiger partial charge in [-0.05, 0) is 30.3 Å². The Morgan fingerprint density at radius 3 is 2.33 bits per heavy atom. The first-order valence-corrected chi connectivity index (χ1v) is 7.84. The second-order valence-electron chi connectivity index (χ2n) is 4.10. The quantitative estimate of drug-likeness (QED) is 0.779. The standard InChI is InChI=1S/C13H11ClN2O4S/c1-20-12-6-7-13(16-15-12)21(18,19)8-11(17)9-2-4-10(14)5-3-9/h2-7H,8H2,1H3. The van der Waals surface area contributed by atoms with Gasteiger partial charge in [0.1, 0.15) is 5.75 Å². The van der Waals surface area contributed by atoms with Crippen LogP contribution in [0.5, 0.6) is 5.88 Å². The molecular formula is C13H11ClN2O4S. The number of aromatic nitrogens is 2. The molecule has 0 amide bonds. The Bertz CT molecular complexity index is 743. The minimum Gasteiger partial charge on any atom is -0.480 e. The third-order valence-electron chi connectivity index (χ3n) is 2.63. The van der Waals surface area contributed by atoms with Crippen LogP contribution in [0.15, 0.2) is 41.4 Å². The highest BCUT2D eigenvalue weighted by atomic mass is 35.5. The fourth-order valence-electron chi connectivity index (χ4n) is 1.55. The lowest BCUT2D eigenvalue weighted by Crippen LogP contribution is -2.17. The van der Waals surface area contributed by atoms with Gasteiger partial charge in [-0.2, -0.15) is 0 Å². The predicted octanol–water partition coefficient (Wildman–Crippen LogP) is 1.80. The number of carbonyl (C=O) groups is 1. The first kappa shape index (κ1) is 15.4. The lowest BCUT2D eigenvalue weighted by molar-refractivity contribution is 0.102. The number of ether oxygens (including phenoxy) is 1. The molecular weight excluding hydrogens is 316 g/mol. The van der Waals surface area contributed by atoms with E-state index in [4.69, 9.17) is 16.3 Å². The molecule has 0 atom stereocenters. The zero-order valence-corrected chi connectivity index (χ0v) is 12.6. The summed E-state index contributed by atoms with van der Waals surface area (Å²) in [4.78, 5) is 12.0. The summed E-state index contributed by atoms with van der Waals surface area (Å²) in [7, 11) is -2.46. The van der Waals surface area contributed by atoms with Gasteiger partial charge in [0, 0.05) is 16.7 Å². The second kappa shape index (κ2) is 6.19. The van der Waals surface area contributed by atoms with Crippen molar-refractivity contribution in [3.63, 3.8) is 0 Å². The summed E-state index contributed by atoms with van der Waals surface area (Å²) in [6, 6.07) is 8.60. The molecule has 8 heteroatoms. The van der Waals surface area contributed by atoms with Gasteiger partial charge >= 0.3 is 0 Å². The lowest BCUT2D eigenvalue weighted by Gasteiger charge is -2.04. The number of rotatable bonds is 5. The minimum atomic E-state index is -3.85. The number of benzene rings is 1. The number of hydrogen-bond donors (Lipinski definition) is 0. The van der Waals surface area contributed by atoms with E-state index >= 15 is 0 Å². The average Bonchev–Trinajstić information content (AvgIpc) is 2.47. The first-order valence-electron chi connectivity index (χ1n) is 5.81. The highest BCUT2D eigenvalue weighted by Gasteiger charge is 2.22. The number of hydrogen-bond acceptors (Lipinski definition) is 6. The number of sulfone groups is 1. The van der Waals surface area contributed by atoms with Gasteiger partial charge in [-0.1, -0.05) is 11.6 Å². The summed E-state index contributed by atoms with van der Waals surface area (Å²) >= 11 is 5.71. The van der Waals surface area contributed by atoms with E-state index < -0.39 is 21.4 Å². The van der Waals surface area contributed by atoms with E-state index in [0.717, 1.165) is 0 Å². The van der Waals surface area contributed by atoms with E-state index in [0.29, 0.717) is 5.02 Å². The maximum Gasteiger partial charge on any atom is 0.233 e. The van der Waals surface area contributed by atoms with Gasteiger partial charge in [-0.25, -0.2) is 8.42 Å². The molecule has 0 bridgehead atoms. The van der Waals surface area contributed by atoms with E-state index in [1.54, 1.807) is 0 Å². The summed E-state index contributed by atoms with van der Waals surface area (Å²) in [5.74, 6) is -1.03. The molecule has 0 unspecified atom stereocenters. The summed E-state index contributed by atoms with van der Waals surface area (Å²) in [6.07, 6.45) is 0. The molecule has 0 fully saturated rings. The Morgan fingerprint density at radius 1 is 1.14 bits per heavy atom. The molecule has 2 rings (SSSR count). The Hall–Kier alpha value is -1.99. The van der Waals surface area contributed by atoms with Crippen molar-refractivity contribution in [2.45, 2.75) is 5.03 Å². The van der Waals surface area contributed by atoms with Crippen LogP contribution in [0.25, 0.3) is 0 Å². The minimum absolute atomic E-state index is 0.193. The van der Waals surface area contributed by atoms with Crippen molar-refractivity contribution in [1.29, 1.82) is 0 Å². The van der Waals surface area contributed by atoms with E-state index in [9.17, 15) is 13.2 Å². The molecule has 6 nitrogen and oxygen atoms in total. The molecule has 1 heterocycles. The van der Waals surface area contributed by atoms with E-state index in [2.05, 4.69) is 10.2 Å². The van der Waals surface area contributed by atoms with Gasteiger partial charge in [-0.3, -0.25) is 4.79 Å². The van der Waals surface area contributed by atoms with Crippen LogP contribution in [0.4, 0.5) is 0 Å². The number of Topliss-reactive ketones (excluding diaryl/α,β-unsaturated/α-hetero) is 1. The largest absolute Gasteiger partial charge is 0.480 e. The van der Waals surface area contributed by atoms with E-state index in [-0.39, 0.29) is 16.5 Å². The number of nitrogens with zero attached hydrogens (tertiary/aromatic N) is 2. The van der Waals surface area contributed by atoms with Crippen LogP contribution in [-0.2, 0) is 9.84 Å². The monoisotopic (exact) mass is 326 g/mol. The molecule has 0 spiro atoms. The third kappa shape index (κ3) is 3.77. The van der Waals surface area contributed by atoms with Crippen LogP contribution >= 0.6 is 11.6 Å². The van der Waals surface area contributed by atoms with E-state index in [1.807, 2.05) is 0 Å². The summed E-state index contributed by atoms with van der Waals surface area (Å²) in [5, 5.41) is 7.32. The third-order valence-corrected chi connectivity index (χ3v) is 4.38. The predicted molar refractivity (Wildman–Crippen MR) is 76.4 cm³/mol. The van der Waals surface area contributed by atoms with Crippen molar-refractivity contribution < 1.29 is 17.9 Å². The molecule has 0 radical (unpaired) electrons. The SMILES string of the molecule is COc1ccc(S(=O)(=O)CC(=O)c2ccc(Cl)cc2)nn1. The van der Waals surface area contributed by atoms with Gasteiger partial charge in [0.15, 0.2) is 10.8 Å². The lowest BCUT2D eigenvalue weighted by atomic mass is 10.1. The topological polar surface area (TPSA) is 86.2 Å². The van der Waals surface area contributed by atoms with Gasteiger partial charge in [0.2, 0.25) is 15.7 Å². The van der Waals surface area contributed by atoms with Crippen LogP contribution in [-0.4, -0.2) is 37.3 Å². The molecule has 110 valence electrons. The Morgan fingerprint density at radius 2 is 1.81 bits per heavy atom. The number of carbonyl (C=O) groups excluding carboxylic acids is 1. The Labute approximate surface area is 126 Å². The maximum atomic E-state index is 12.1. The summed E-state index contributed by atoms with van der Waals surface area (Å²) in [6.45, 7) is 0. The Balaban J connectivity index is 2.20. The number of halogens is 1. The average molecular weight is 327 g/mol. The zero-order valence-electron chi connectivity index (χ0n) is 11.0. The molecule has 0 saturated carbocycles. The molecule has 21 heavy (non-hydrogen) atoms. The van der Waals surface area contributed by atoms with Crippen molar-refractivity contribution in [3.8, 4) is 5.88 Å². The molecule has 1 aromatic carbocycles. The summed E-state index contributed by atoms with van der Waals surface area (Å²) < 4.78 is 29.0. The Kier molecular flexibility index (Phi) is 4.54. The highest BCUT2D eigenvalue weighted by Crippen LogP contribution is 2.14. The van der Waals surface area contributed by atoms with Crippen LogP contribution < -0.4 is 4.74 Å².